The third-order valence-corrected chi connectivity index (χ3v) is 2.83. The van der Waals surface area contributed by atoms with Gasteiger partial charge in [0.2, 0.25) is 0 Å². The summed E-state index contributed by atoms with van der Waals surface area (Å²) in [6, 6.07) is 1.51. The molecule has 0 spiro atoms. The van der Waals surface area contributed by atoms with Crippen LogP contribution in [-0.2, 0) is 0 Å². The fourth-order valence-electron chi connectivity index (χ4n) is 1.87. The second kappa shape index (κ2) is 4.42. The molecule has 4 heteroatoms. The highest BCUT2D eigenvalue weighted by Gasteiger charge is 2.31. The maximum atomic E-state index is 5.37. The van der Waals surface area contributed by atoms with Crippen LogP contribution in [-0.4, -0.2) is 30.1 Å². The van der Waals surface area contributed by atoms with Crippen molar-refractivity contribution < 1.29 is 0 Å². The minimum absolute atomic E-state index is 0. The predicted octanol–water partition coefficient (Wildman–Crippen LogP) is 0.498. The number of hydrogen-bond donors (Lipinski definition) is 2. The lowest BCUT2D eigenvalue weighted by Gasteiger charge is -2.31. The fourth-order valence-corrected chi connectivity index (χ4v) is 1.87. The molecule has 0 amide bonds. The van der Waals surface area contributed by atoms with E-state index in [0.29, 0.717) is 6.04 Å². The zero-order valence-corrected chi connectivity index (χ0v) is 8.15. The number of nitrogens with one attached hydrogen (secondary N) is 1. The summed E-state index contributed by atoms with van der Waals surface area (Å²) in [5, 5.41) is 0. The molecule has 3 N–H and O–H groups in total. The molecule has 1 heterocycles. The maximum absolute atomic E-state index is 5.37. The lowest BCUT2D eigenvalue weighted by atomic mass is 10.1. The average molecular weight is 192 g/mol. The van der Waals surface area contributed by atoms with Gasteiger partial charge >= 0.3 is 0 Å². The molecule has 0 radical (unpaired) electrons. The maximum Gasteiger partial charge on any atom is 0.0234 e. The molecule has 0 aromatic carbocycles. The van der Waals surface area contributed by atoms with Crippen LogP contribution >= 0.6 is 12.4 Å². The van der Waals surface area contributed by atoms with Gasteiger partial charge in [-0.3, -0.25) is 11.3 Å². The van der Waals surface area contributed by atoms with E-state index in [4.69, 9.17) is 5.84 Å². The van der Waals surface area contributed by atoms with Gasteiger partial charge < -0.3 is 4.90 Å². The van der Waals surface area contributed by atoms with Crippen LogP contribution in [0.3, 0.4) is 0 Å². The molecular weight excluding hydrogens is 174 g/mol. The summed E-state index contributed by atoms with van der Waals surface area (Å²) in [6.45, 7) is 2.50. The van der Waals surface area contributed by atoms with Crippen LogP contribution in [0.25, 0.3) is 0 Å². The Labute approximate surface area is 80.1 Å². The molecule has 0 bridgehead atoms. The van der Waals surface area contributed by atoms with Gasteiger partial charge in [-0.1, -0.05) is 0 Å². The molecule has 0 atom stereocenters. The van der Waals surface area contributed by atoms with E-state index in [1.807, 2.05) is 0 Å². The van der Waals surface area contributed by atoms with Crippen LogP contribution in [0, 0.1) is 0 Å². The number of rotatable bonds is 2. The van der Waals surface area contributed by atoms with Gasteiger partial charge in [-0.2, -0.15) is 0 Å². The topological polar surface area (TPSA) is 41.3 Å². The van der Waals surface area contributed by atoms with Gasteiger partial charge in [0, 0.05) is 12.1 Å². The van der Waals surface area contributed by atoms with Gasteiger partial charge in [0.25, 0.3) is 0 Å². The lowest BCUT2D eigenvalue weighted by Crippen LogP contribution is -2.45. The van der Waals surface area contributed by atoms with Crippen LogP contribution in [0.4, 0.5) is 0 Å². The quantitative estimate of drug-likeness (QED) is 0.494. The van der Waals surface area contributed by atoms with Gasteiger partial charge in [0.05, 0.1) is 0 Å². The van der Waals surface area contributed by atoms with E-state index < -0.39 is 0 Å². The fraction of sp³-hybridized carbons (Fsp3) is 1.00. The lowest BCUT2D eigenvalue weighted by molar-refractivity contribution is 0.190. The normalized spacial score (nSPS) is 26.8. The second-order valence-corrected chi connectivity index (χ2v) is 3.71. The Hall–Kier alpha value is 0.170. The van der Waals surface area contributed by atoms with Gasteiger partial charge in [0.15, 0.2) is 0 Å². The summed E-state index contributed by atoms with van der Waals surface area (Å²) in [5.74, 6) is 5.37. The number of nitrogens with two attached hydrogens (primary N) is 1. The van der Waals surface area contributed by atoms with Crippen molar-refractivity contribution >= 4 is 12.4 Å². The highest BCUT2D eigenvalue weighted by atomic mass is 35.5. The van der Waals surface area contributed by atoms with Gasteiger partial charge in [0.1, 0.15) is 0 Å². The van der Waals surface area contributed by atoms with Crippen molar-refractivity contribution in [2.24, 2.45) is 5.84 Å². The summed E-state index contributed by atoms with van der Waals surface area (Å²) < 4.78 is 0. The summed E-state index contributed by atoms with van der Waals surface area (Å²) >= 11 is 0. The van der Waals surface area contributed by atoms with Gasteiger partial charge in [-0.05, 0) is 38.8 Å². The SMILES string of the molecule is Cl.NNC1CCN(C2CC2)CC1. The van der Waals surface area contributed by atoms with E-state index in [9.17, 15) is 0 Å². The van der Waals surface area contributed by atoms with E-state index in [-0.39, 0.29) is 12.4 Å². The monoisotopic (exact) mass is 191 g/mol. The molecule has 2 aliphatic rings. The predicted molar refractivity (Wildman–Crippen MR) is 52.2 cm³/mol. The highest BCUT2D eigenvalue weighted by molar-refractivity contribution is 5.85. The number of halogens is 1. The molecule has 3 nitrogen and oxygen atoms in total. The van der Waals surface area contributed by atoms with Crippen molar-refractivity contribution in [3.05, 3.63) is 0 Å². The number of hydrogen-bond acceptors (Lipinski definition) is 3. The Morgan fingerprint density at radius 1 is 1.08 bits per heavy atom. The first-order valence-electron chi connectivity index (χ1n) is 4.60. The Bertz CT molecular complexity index is 130. The first-order valence-corrected chi connectivity index (χ1v) is 4.60. The van der Waals surface area contributed by atoms with Crippen molar-refractivity contribution in [2.75, 3.05) is 13.1 Å². The summed E-state index contributed by atoms with van der Waals surface area (Å²) in [6.07, 6.45) is 5.32. The zero-order chi connectivity index (χ0) is 7.68. The third-order valence-electron chi connectivity index (χ3n) is 2.83. The van der Waals surface area contributed by atoms with Gasteiger partial charge in [-0.25, -0.2) is 0 Å². The largest absolute Gasteiger partial charge is 0.300 e. The van der Waals surface area contributed by atoms with E-state index in [2.05, 4.69) is 10.3 Å². The van der Waals surface area contributed by atoms with Crippen molar-refractivity contribution in [3.63, 3.8) is 0 Å². The van der Waals surface area contributed by atoms with Crippen LogP contribution in [0.2, 0.25) is 0 Å². The minimum atomic E-state index is 0. The van der Waals surface area contributed by atoms with E-state index in [0.717, 1.165) is 6.04 Å². The first-order chi connectivity index (χ1) is 5.40. The van der Waals surface area contributed by atoms with Gasteiger partial charge in [-0.15, -0.1) is 12.4 Å². The Morgan fingerprint density at radius 3 is 2.08 bits per heavy atom. The van der Waals surface area contributed by atoms with E-state index >= 15 is 0 Å². The Morgan fingerprint density at radius 2 is 1.67 bits per heavy atom. The second-order valence-electron chi connectivity index (χ2n) is 3.71. The minimum Gasteiger partial charge on any atom is -0.300 e. The summed E-state index contributed by atoms with van der Waals surface area (Å²) in [5.41, 5.74) is 2.86. The smallest absolute Gasteiger partial charge is 0.0234 e. The molecule has 1 saturated heterocycles. The molecule has 2 fully saturated rings. The number of hydrazine groups is 1. The zero-order valence-electron chi connectivity index (χ0n) is 7.33. The molecule has 0 aromatic heterocycles. The molecule has 2 rings (SSSR count). The third kappa shape index (κ3) is 2.33. The Kier molecular flexibility index (Phi) is 3.77. The average Bonchev–Trinajstić information content (AvgIpc) is 2.87. The number of likely N-dealkylation sites (tertiary alicyclic amines) is 1. The molecular formula is C8H18ClN3. The first kappa shape index (κ1) is 10.3. The van der Waals surface area contributed by atoms with Crippen LogP contribution in [0.1, 0.15) is 25.7 Å². The molecule has 0 unspecified atom stereocenters. The molecule has 72 valence electrons. The summed E-state index contributed by atoms with van der Waals surface area (Å²) in [7, 11) is 0. The molecule has 1 aliphatic carbocycles. The molecule has 1 aliphatic heterocycles. The van der Waals surface area contributed by atoms with Crippen molar-refractivity contribution in [3.8, 4) is 0 Å². The van der Waals surface area contributed by atoms with Crippen LogP contribution in [0.5, 0.6) is 0 Å². The number of piperidine rings is 1. The van der Waals surface area contributed by atoms with E-state index in [1.54, 1.807) is 0 Å². The Balaban J connectivity index is 0.000000720. The highest BCUT2D eigenvalue weighted by Crippen LogP contribution is 2.28. The van der Waals surface area contributed by atoms with Crippen LogP contribution < -0.4 is 11.3 Å². The number of nitrogens with zero attached hydrogens (tertiary/aromatic N) is 1. The van der Waals surface area contributed by atoms with Crippen molar-refractivity contribution in [1.82, 2.24) is 10.3 Å². The molecule has 12 heavy (non-hydrogen) atoms. The molecule has 0 aromatic rings. The molecule has 1 saturated carbocycles. The van der Waals surface area contributed by atoms with Crippen molar-refractivity contribution in [1.29, 1.82) is 0 Å². The summed E-state index contributed by atoms with van der Waals surface area (Å²) in [4.78, 5) is 2.60. The van der Waals surface area contributed by atoms with Crippen LogP contribution in [0.15, 0.2) is 0 Å². The van der Waals surface area contributed by atoms with E-state index in [1.165, 1.54) is 38.8 Å². The standard InChI is InChI=1S/C8H17N3.ClH/c9-10-7-3-5-11(6-4-7)8-1-2-8;/h7-8,10H,1-6,9H2;1H. The van der Waals surface area contributed by atoms with Crippen molar-refractivity contribution in [2.45, 2.75) is 37.8 Å².